The van der Waals surface area contributed by atoms with Gasteiger partial charge in [0.15, 0.2) is 5.92 Å². The highest BCUT2D eigenvalue weighted by molar-refractivity contribution is 6.09. The first-order chi connectivity index (χ1) is 16.0. The van der Waals surface area contributed by atoms with Crippen molar-refractivity contribution in [2.75, 3.05) is 18.1 Å². The van der Waals surface area contributed by atoms with Crippen molar-refractivity contribution >= 4 is 39.8 Å². The van der Waals surface area contributed by atoms with Crippen molar-refractivity contribution in [1.82, 2.24) is 14.5 Å². The highest BCUT2D eigenvalue weighted by atomic mass is 16.5. The average Bonchev–Trinajstić information content (AvgIpc) is 3.39. The van der Waals surface area contributed by atoms with E-state index in [1.807, 2.05) is 59.3 Å². The van der Waals surface area contributed by atoms with E-state index < -0.39 is 17.9 Å². The van der Waals surface area contributed by atoms with Crippen LogP contribution in [0, 0.1) is 11.8 Å². The molecule has 7 heteroatoms. The molecule has 0 aliphatic carbocycles. The number of amides is 1. The lowest BCUT2D eigenvalue weighted by Crippen LogP contribution is -2.50. The fourth-order valence-electron chi connectivity index (χ4n) is 4.76. The highest BCUT2D eigenvalue weighted by Gasteiger charge is 2.48. The Balaban J connectivity index is 1.78. The number of anilines is 1. The van der Waals surface area contributed by atoms with Gasteiger partial charge in [-0.3, -0.25) is 14.5 Å². The molecule has 3 heterocycles. The van der Waals surface area contributed by atoms with Crippen molar-refractivity contribution in [2.45, 2.75) is 33.2 Å². The number of aromatic amines is 1. The summed E-state index contributed by atoms with van der Waals surface area (Å²) in [6.45, 7) is 6.72. The van der Waals surface area contributed by atoms with Gasteiger partial charge in [0.25, 0.3) is 0 Å². The van der Waals surface area contributed by atoms with Gasteiger partial charge in [-0.05, 0) is 37.5 Å². The van der Waals surface area contributed by atoms with Crippen molar-refractivity contribution in [3.8, 4) is 0 Å². The topological polar surface area (TPSA) is 80.2 Å². The van der Waals surface area contributed by atoms with Crippen LogP contribution in [0.1, 0.15) is 38.8 Å². The maximum Gasteiger partial charge on any atom is 0.321 e. The number of carbonyl (C=O) groups excluding carboxylic acids is 2. The van der Waals surface area contributed by atoms with Gasteiger partial charge in [-0.15, -0.1) is 0 Å². The molecule has 2 aromatic carbocycles. The standard InChI is InChI=1S/C26H28N4O3/c1-4-33-25(32)22-23(18-15-27-19-10-6-5-9-17(18)19)30-21-12-8-7-11-20(21)28-26(30)29(24(22)31)14-13-16(2)3/h5-12,15-16,22-23,27H,4,13-14H2,1-3H3/t22-,23-/m1/s1. The Hall–Kier alpha value is -3.61. The molecule has 4 aromatic rings. The Kier molecular flexibility index (Phi) is 5.40. The van der Waals surface area contributed by atoms with E-state index in [-0.39, 0.29) is 12.5 Å². The SMILES string of the molecule is CCOC(=O)[C@H]1C(=O)N(CCC(C)C)c2nc3ccccc3n2[C@@H]1c1c[nH]c2ccccc12. The second-order valence-electron chi connectivity index (χ2n) is 8.91. The molecule has 0 saturated heterocycles. The number of carbonyl (C=O) groups is 2. The molecule has 1 aliphatic rings. The van der Waals surface area contributed by atoms with Crippen molar-refractivity contribution in [3.63, 3.8) is 0 Å². The van der Waals surface area contributed by atoms with E-state index in [2.05, 4.69) is 18.8 Å². The minimum atomic E-state index is -0.999. The number of fused-ring (bicyclic) bond motifs is 4. The quantitative estimate of drug-likeness (QED) is 0.346. The second-order valence-corrected chi connectivity index (χ2v) is 8.91. The molecule has 0 saturated carbocycles. The lowest BCUT2D eigenvalue weighted by atomic mass is 9.89. The van der Waals surface area contributed by atoms with Crippen LogP contribution in [0.25, 0.3) is 21.9 Å². The van der Waals surface area contributed by atoms with Gasteiger partial charge in [0, 0.05) is 29.2 Å². The molecule has 0 fully saturated rings. The maximum absolute atomic E-state index is 13.9. The van der Waals surface area contributed by atoms with Gasteiger partial charge in [-0.1, -0.05) is 44.2 Å². The number of hydrogen-bond acceptors (Lipinski definition) is 4. The van der Waals surface area contributed by atoms with E-state index in [0.29, 0.717) is 18.4 Å². The molecule has 0 unspecified atom stereocenters. The maximum atomic E-state index is 13.9. The van der Waals surface area contributed by atoms with Crippen LogP contribution in [-0.4, -0.2) is 39.6 Å². The summed E-state index contributed by atoms with van der Waals surface area (Å²) in [7, 11) is 0. The zero-order chi connectivity index (χ0) is 23.1. The average molecular weight is 445 g/mol. The van der Waals surface area contributed by atoms with Crippen molar-refractivity contribution in [2.24, 2.45) is 11.8 Å². The number of ether oxygens (including phenoxy) is 1. The molecule has 0 bridgehead atoms. The molecule has 2 aromatic heterocycles. The number of para-hydroxylation sites is 3. The zero-order valence-electron chi connectivity index (χ0n) is 19.1. The van der Waals surface area contributed by atoms with Gasteiger partial charge < -0.3 is 14.3 Å². The summed E-state index contributed by atoms with van der Waals surface area (Å²) < 4.78 is 7.49. The van der Waals surface area contributed by atoms with Crippen LogP contribution in [0.15, 0.2) is 54.7 Å². The minimum Gasteiger partial charge on any atom is -0.465 e. The van der Waals surface area contributed by atoms with Gasteiger partial charge in [0.1, 0.15) is 0 Å². The van der Waals surface area contributed by atoms with Crippen LogP contribution in [0.5, 0.6) is 0 Å². The van der Waals surface area contributed by atoms with Crippen LogP contribution < -0.4 is 4.90 Å². The summed E-state index contributed by atoms with van der Waals surface area (Å²) in [5, 5.41) is 0.976. The Morgan fingerprint density at radius 3 is 2.70 bits per heavy atom. The predicted molar refractivity (Wildman–Crippen MR) is 128 cm³/mol. The largest absolute Gasteiger partial charge is 0.465 e. The number of H-pyrrole nitrogens is 1. The van der Waals surface area contributed by atoms with Crippen LogP contribution >= 0.6 is 0 Å². The third-order valence-corrected chi connectivity index (χ3v) is 6.36. The van der Waals surface area contributed by atoms with Gasteiger partial charge in [0.05, 0.1) is 23.7 Å². The van der Waals surface area contributed by atoms with Crippen LogP contribution in [0.3, 0.4) is 0 Å². The summed E-state index contributed by atoms with van der Waals surface area (Å²) in [5.74, 6) is -0.773. The number of aromatic nitrogens is 3. The first kappa shape index (κ1) is 21.2. The van der Waals surface area contributed by atoms with Gasteiger partial charge in [-0.2, -0.15) is 0 Å². The second kappa shape index (κ2) is 8.39. The fourth-order valence-corrected chi connectivity index (χ4v) is 4.76. The zero-order valence-corrected chi connectivity index (χ0v) is 19.1. The van der Waals surface area contributed by atoms with E-state index >= 15 is 0 Å². The normalized spacial score (nSPS) is 18.3. The molecular weight excluding hydrogens is 416 g/mol. The number of nitrogens with zero attached hydrogens (tertiary/aromatic N) is 3. The molecule has 7 nitrogen and oxygen atoms in total. The lowest BCUT2D eigenvalue weighted by Gasteiger charge is -2.38. The predicted octanol–water partition coefficient (Wildman–Crippen LogP) is 4.68. The van der Waals surface area contributed by atoms with Gasteiger partial charge >= 0.3 is 5.97 Å². The highest BCUT2D eigenvalue weighted by Crippen LogP contribution is 2.43. The molecule has 2 atom stereocenters. The van der Waals surface area contributed by atoms with Crippen molar-refractivity contribution in [3.05, 3.63) is 60.3 Å². The van der Waals surface area contributed by atoms with E-state index in [4.69, 9.17) is 9.72 Å². The van der Waals surface area contributed by atoms with E-state index in [9.17, 15) is 9.59 Å². The van der Waals surface area contributed by atoms with E-state index in [1.165, 1.54) is 0 Å². The Bertz CT molecular complexity index is 1340. The number of nitrogens with one attached hydrogen (secondary N) is 1. The molecule has 5 rings (SSSR count). The van der Waals surface area contributed by atoms with E-state index in [0.717, 1.165) is 33.9 Å². The number of imidazole rings is 1. The Morgan fingerprint density at radius 2 is 1.91 bits per heavy atom. The fraction of sp³-hybridized carbons (Fsp3) is 0.346. The molecule has 1 N–H and O–H groups in total. The summed E-state index contributed by atoms with van der Waals surface area (Å²) >= 11 is 0. The Labute approximate surface area is 192 Å². The Morgan fingerprint density at radius 1 is 1.15 bits per heavy atom. The smallest absolute Gasteiger partial charge is 0.321 e. The van der Waals surface area contributed by atoms with Crippen LogP contribution in [0.2, 0.25) is 0 Å². The number of rotatable bonds is 6. The summed E-state index contributed by atoms with van der Waals surface area (Å²) in [5.41, 5.74) is 3.52. The molecule has 1 aliphatic heterocycles. The molecule has 0 spiro atoms. The first-order valence-corrected chi connectivity index (χ1v) is 11.5. The molecule has 0 radical (unpaired) electrons. The molecule has 1 amide bonds. The third-order valence-electron chi connectivity index (χ3n) is 6.36. The van der Waals surface area contributed by atoms with E-state index in [1.54, 1.807) is 11.8 Å². The molecular formula is C26H28N4O3. The van der Waals surface area contributed by atoms with Crippen LogP contribution in [0.4, 0.5) is 5.95 Å². The van der Waals surface area contributed by atoms with Crippen molar-refractivity contribution < 1.29 is 14.3 Å². The van der Waals surface area contributed by atoms with Crippen LogP contribution in [-0.2, 0) is 14.3 Å². The minimum absolute atomic E-state index is 0.215. The summed E-state index contributed by atoms with van der Waals surface area (Å²) in [6.07, 6.45) is 2.71. The monoisotopic (exact) mass is 444 g/mol. The van der Waals surface area contributed by atoms with Gasteiger partial charge in [0.2, 0.25) is 11.9 Å². The van der Waals surface area contributed by atoms with Gasteiger partial charge in [-0.25, -0.2) is 4.98 Å². The summed E-state index contributed by atoms with van der Waals surface area (Å²) in [4.78, 5) is 37.0. The van der Waals surface area contributed by atoms with Crippen molar-refractivity contribution in [1.29, 1.82) is 0 Å². The third kappa shape index (κ3) is 3.48. The summed E-state index contributed by atoms with van der Waals surface area (Å²) in [6, 6.07) is 15.2. The number of benzene rings is 2. The number of esters is 1. The molecule has 170 valence electrons. The molecule has 33 heavy (non-hydrogen) atoms. The number of hydrogen-bond donors (Lipinski definition) is 1. The lowest BCUT2D eigenvalue weighted by molar-refractivity contribution is -0.153. The first-order valence-electron chi connectivity index (χ1n) is 11.5.